The molecule has 3 saturated carbocycles. The predicted octanol–water partition coefficient (Wildman–Crippen LogP) is 2.96. The lowest BCUT2D eigenvalue weighted by Gasteiger charge is -2.23. The SMILES string of the molecule is c1cc(N(CC2CC2)CC2CC2)ncc1CNC1CC1. The van der Waals surface area contributed by atoms with Gasteiger partial charge in [-0.25, -0.2) is 4.98 Å². The molecule has 4 rings (SSSR count). The van der Waals surface area contributed by atoms with Crippen molar-refractivity contribution in [3.63, 3.8) is 0 Å². The number of aromatic nitrogens is 1. The third-order valence-electron chi connectivity index (χ3n) is 4.66. The van der Waals surface area contributed by atoms with Crippen molar-refractivity contribution in [3.05, 3.63) is 23.9 Å². The van der Waals surface area contributed by atoms with Crippen LogP contribution in [0.3, 0.4) is 0 Å². The lowest BCUT2D eigenvalue weighted by molar-refractivity contribution is 0.667. The van der Waals surface area contributed by atoms with Crippen molar-refractivity contribution in [2.75, 3.05) is 18.0 Å². The van der Waals surface area contributed by atoms with Crippen molar-refractivity contribution in [3.8, 4) is 0 Å². The number of hydrogen-bond donors (Lipinski definition) is 1. The summed E-state index contributed by atoms with van der Waals surface area (Å²) in [6, 6.07) is 5.26. The standard InChI is InChI=1S/C17H25N3/c1-2-13(1)11-20(12-14-3-4-14)17-8-5-15(10-19-17)9-18-16-6-7-16/h5,8,10,13-14,16,18H,1-4,6-7,9,11-12H2. The van der Waals surface area contributed by atoms with Gasteiger partial charge >= 0.3 is 0 Å². The van der Waals surface area contributed by atoms with E-state index >= 15 is 0 Å². The van der Waals surface area contributed by atoms with Crippen molar-refractivity contribution in [2.45, 2.75) is 51.1 Å². The molecule has 1 aromatic rings. The molecule has 3 aliphatic rings. The molecular weight excluding hydrogens is 246 g/mol. The molecule has 108 valence electrons. The highest BCUT2D eigenvalue weighted by Crippen LogP contribution is 2.35. The van der Waals surface area contributed by atoms with E-state index in [2.05, 4.69) is 28.5 Å². The molecule has 1 heterocycles. The molecule has 3 fully saturated rings. The zero-order valence-corrected chi connectivity index (χ0v) is 12.2. The first kappa shape index (κ1) is 12.6. The third kappa shape index (κ3) is 3.51. The van der Waals surface area contributed by atoms with Crippen LogP contribution in [0, 0.1) is 11.8 Å². The molecule has 3 heteroatoms. The van der Waals surface area contributed by atoms with Gasteiger partial charge in [-0.15, -0.1) is 0 Å². The van der Waals surface area contributed by atoms with E-state index in [1.807, 2.05) is 0 Å². The quantitative estimate of drug-likeness (QED) is 0.788. The number of rotatable bonds is 8. The van der Waals surface area contributed by atoms with Crippen LogP contribution in [0.4, 0.5) is 5.82 Å². The fourth-order valence-corrected chi connectivity index (χ4v) is 2.74. The number of nitrogens with one attached hydrogen (secondary N) is 1. The molecule has 0 aromatic carbocycles. The van der Waals surface area contributed by atoms with Gasteiger partial charge in [-0.05, 0) is 62.0 Å². The van der Waals surface area contributed by atoms with Crippen LogP contribution in [-0.4, -0.2) is 24.1 Å². The highest BCUT2D eigenvalue weighted by molar-refractivity contribution is 5.40. The first-order chi connectivity index (χ1) is 9.87. The number of pyridine rings is 1. The van der Waals surface area contributed by atoms with Crippen LogP contribution < -0.4 is 10.2 Å². The molecule has 0 spiro atoms. The van der Waals surface area contributed by atoms with Crippen LogP contribution in [0.25, 0.3) is 0 Å². The van der Waals surface area contributed by atoms with Gasteiger partial charge in [0, 0.05) is 31.9 Å². The largest absolute Gasteiger partial charge is 0.356 e. The minimum absolute atomic E-state index is 0.774. The predicted molar refractivity (Wildman–Crippen MR) is 81.8 cm³/mol. The van der Waals surface area contributed by atoms with Gasteiger partial charge in [-0.1, -0.05) is 6.07 Å². The van der Waals surface area contributed by atoms with E-state index in [-0.39, 0.29) is 0 Å². The van der Waals surface area contributed by atoms with E-state index in [0.29, 0.717) is 0 Å². The Kier molecular flexibility index (Phi) is 3.39. The number of hydrogen-bond acceptors (Lipinski definition) is 3. The van der Waals surface area contributed by atoms with Crippen molar-refractivity contribution in [2.24, 2.45) is 11.8 Å². The van der Waals surface area contributed by atoms with Crippen molar-refractivity contribution < 1.29 is 0 Å². The van der Waals surface area contributed by atoms with Crippen molar-refractivity contribution in [1.82, 2.24) is 10.3 Å². The van der Waals surface area contributed by atoms with Crippen molar-refractivity contribution >= 4 is 5.82 Å². The number of nitrogens with zero attached hydrogens (tertiary/aromatic N) is 2. The van der Waals surface area contributed by atoms with E-state index in [1.54, 1.807) is 0 Å². The van der Waals surface area contributed by atoms with Crippen LogP contribution >= 0.6 is 0 Å². The summed E-state index contributed by atoms with van der Waals surface area (Å²) in [7, 11) is 0. The zero-order valence-electron chi connectivity index (χ0n) is 12.2. The summed E-state index contributed by atoms with van der Waals surface area (Å²) in [6.07, 6.45) is 10.5. The first-order valence-electron chi connectivity index (χ1n) is 8.30. The molecule has 0 unspecified atom stereocenters. The Hall–Kier alpha value is -1.09. The van der Waals surface area contributed by atoms with Gasteiger partial charge < -0.3 is 10.2 Å². The Morgan fingerprint density at radius 1 is 1.00 bits per heavy atom. The molecular formula is C17H25N3. The van der Waals surface area contributed by atoms with Gasteiger partial charge in [-0.2, -0.15) is 0 Å². The van der Waals surface area contributed by atoms with Gasteiger partial charge in [0.2, 0.25) is 0 Å². The van der Waals surface area contributed by atoms with E-state index < -0.39 is 0 Å². The average molecular weight is 271 g/mol. The normalized spacial score (nSPS) is 22.0. The Labute approximate surface area is 121 Å². The summed E-state index contributed by atoms with van der Waals surface area (Å²) < 4.78 is 0. The van der Waals surface area contributed by atoms with Gasteiger partial charge in [0.1, 0.15) is 5.82 Å². The van der Waals surface area contributed by atoms with Gasteiger partial charge in [0.05, 0.1) is 0 Å². The number of anilines is 1. The molecule has 0 atom stereocenters. The minimum atomic E-state index is 0.774. The molecule has 20 heavy (non-hydrogen) atoms. The fraction of sp³-hybridized carbons (Fsp3) is 0.706. The Morgan fingerprint density at radius 2 is 1.70 bits per heavy atom. The summed E-state index contributed by atoms with van der Waals surface area (Å²) in [5, 5.41) is 3.55. The average Bonchev–Trinajstić information content (AvgIpc) is 3.32. The van der Waals surface area contributed by atoms with E-state index in [4.69, 9.17) is 4.98 Å². The molecule has 1 aromatic heterocycles. The summed E-state index contributed by atoms with van der Waals surface area (Å²) in [6.45, 7) is 3.43. The summed E-state index contributed by atoms with van der Waals surface area (Å²) in [5.41, 5.74) is 1.32. The van der Waals surface area contributed by atoms with Gasteiger partial charge in [0.25, 0.3) is 0 Å². The lowest BCUT2D eigenvalue weighted by Crippen LogP contribution is -2.29. The second-order valence-electron chi connectivity index (χ2n) is 6.97. The van der Waals surface area contributed by atoms with Gasteiger partial charge in [0.15, 0.2) is 0 Å². The summed E-state index contributed by atoms with van der Waals surface area (Å²) in [5.74, 6) is 3.07. The Bertz CT molecular complexity index is 430. The van der Waals surface area contributed by atoms with Crippen LogP contribution in [0.5, 0.6) is 0 Å². The smallest absolute Gasteiger partial charge is 0.128 e. The van der Waals surface area contributed by atoms with E-state index in [0.717, 1.165) is 24.4 Å². The molecule has 1 N–H and O–H groups in total. The van der Waals surface area contributed by atoms with E-state index in [9.17, 15) is 0 Å². The molecule has 0 aliphatic heterocycles. The lowest BCUT2D eigenvalue weighted by atomic mass is 10.2. The third-order valence-corrected chi connectivity index (χ3v) is 4.66. The molecule has 0 saturated heterocycles. The molecule has 3 nitrogen and oxygen atoms in total. The van der Waals surface area contributed by atoms with E-state index in [1.165, 1.54) is 63.0 Å². The van der Waals surface area contributed by atoms with Crippen LogP contribution in [0.2, 0.25) is 0 Å². The highest BCUT2D eigenvalue weighted by Gasteiger charge is 2.29. The van der Waals surface area contributed by atoms with Gasteiger partial charge in [-0.3, -0.25) is 0 Å². The highest BCUT2D eigenvalue weighted by atomic mass is 15.2. The fourth-order valence-electron chi connectivity index (χ4n) is 2.74. The molecule has 0 radical (unpaired) electrons. The summed E-state index contributed by atoms with van der Waals surface area (Å²) >= 11 is 0. The maximum Gasteiger partial charge on any atom is 0.128 e. The molecule has 0 bridgehead atoms. The van der Waals surface area contributed by atoms with Crippen LogP contribution in [-0.2, 0) is 6.54 Å². The molecule has 3 aliphatic carbocycles. The monoisotopic (exact) mass is 271 g/mol. The Morgan fingerprint density at radius 3 is 2.20 bits per heavy atom. The van der Waals surface area contributed by atoms with Crippen LogP contribution in [0.1, 0.15) is 44.1 Å². The second kappa shape index (κ2) is 5.36. The maximum atomic E-state index is 4.72. The maximum absolute atomic E-state index is 4.72. The second-order valence-corrected chi connectivity index (χ2v) is 6.97. The molecule has 0 amide bonds. The first-order valence-corrected chi connectivity index (χ1v) is 8.30. The van der Waals surface area contributed by atoms with Crippen LogP contribution in [0.15, 0.2) is 18.3 Å². The topological polar surface area (TPSA) is 28.2 Å². The van der Waals surface area contributed by atoms with Crippen molar-refractivity contribution in [1.29, 1.82) is 0 Å². The zero-order chi connectivity index (χ0) is 13.4. The minimum Gasteiger partial charge on any atom is -0.356 e. The Balaban J connectivity index is 1.38. The summed E-state index contributed by atoms with van der Waals surface area (Å²) in [4.78, 5) is 7.26.